The average molecular weight is 494 g/mol. The highest BCUT2D eigenvalue weighted by molar-refractivity contribution is 7.89. The number of nitrogens with zero attached hydrogens (tertiary/aromatic N) is 1. The number of rotatable bonds is 10. The van der Waals surface area contributed by atoms with Gasteiger partial charge in [-0.15, -0.1) is 0 Å². The van der Waals surface area contributed by atoms with Crippen LogP contribution in [0.4, 0.5) is 17.1 Å². The molecule has 3 rings (SSSR count). The fourth-order valence-electron chi connectivity index (χ4n) is 3.46. The van der Waals surface area contributed by atoms with Crippen LogP contribution in [0.3, 0.4) is 0 Å². The Morgan fingerprint density at radius 2 is 1.70 bits per heavy atom. The summed E-state index contributed by atoms with van der Waals surface area (Å²) in [5.74, 6) is -0.702. The maximum atomic E-state index is 12.9. The van der Waals surface area contributed by atoms with Crippen LogP contribution in [0.25, 0.3) is 0 Å². The summed E-state index contributed by atoms with van der Waals surface area (Å²) in [6.45, 7) is 3.45. The van der Waals surface area contributed by atoms with E-state index in [1.807, 2.05) is 37.3 Å². The molecule has 0 unspecified atom stereocenters. The molecule has 11 heteroatoms. The Kier molecular flexibility index (Phi) is 7.43. The van der Waals surface area contributed by atoms with Gasteiger partial charge in [-0.2, -0.15) is 0 Å². The summed E-state index contributed by atoms with van der Waals surface area (Å²) in [6.07, 6.45) is 0.640. The van der Waals surface area contributed by atoms with Gasteiger partial charge in [0.15, 0.2) is 5.75 Å². The minimum atomic E-state index is -4.30. The molecule has 0 aliphatic heterocycles. The first-order chi connectivity index (χ1) is 15.7. The predicted octanol–water partition coefficient (Wildman–Crippen LogP) is 3.52. The molecule has 3 aromatic carbocycles. The van der Waals surface area contributed by atoms with Crippen molar-refractivity contribution in [3.63, 3.8) is 0 Å². The second-order valence-electron chi connectivity index (χ2n) is 7.13. The molecule has 3 aromatic rings. The molecule has 0 amide bonds. The monoisotopic (exact) mass is 493 g/mol. The zero-order valence-corrected chi connectivity index (χ0v) is 19.8. The first-order valence-corrected chi connectivity index (χ1v) is 12.0. The molecule has 0 aliphatic carbocycles. The van der Waals surface area contributed by atoms with E-state index in [9.17, 15) is 23.1 Å². The van der Waals surface area contributed by atoms with E-state index in [-0.39, 0.29) is 34.7 Å². The molecule has 0 aliphatic rings. The van der Waals surface area contributed by atoms with Gasteiger partial charge in [-0.25, -0.2) is 8.42 Å². The number of nitrogens with one attached hydrogen (secondary N) is 2. The summed E-state index contributed by atoms with van der Waals surface area (Å²) in [6, 6.07) is 11.8. The van der Waals surface area contributed by atoms with Gasteiger partial charge in [-0.05, 0) is 31.0 Å². The van der Waals surface area contributed by atoms with E-state index in [0.29, 0.717) is 10.9 Å². The average Bonchev–Trinajstić information content (AvgIpc) is 2.80. The lowest BCUT2D eigenvalue weighted by Crippen LogP contribution is -2.37. The zero-order valence-electron chi connectivity index (χ0n) is 18.3. The number of sulfonamides is 1. The van der Waals surface area contributed by atoms with E-state index in [2.05, 4.69) is 10.6 Å². The summed E-state index contributed by atoms with van der Waals surface area (Å²) in [4.78, 5) is 28.8. The molecule has 9 nitrogen and oxygen atoms in total. The van der Waals surface area contributed by atoms with Crippen LogP contribution in [0.5, 0.6) is 5.75 Å². The first kappa shape index (κ1) is 24.7. The van der Waals surface area contributed by atoms with E-state index in [0.717, 1.165) is 5.56 Å². The highest BCUT2D eigenvalue weighted by atomic mass is 35.5. The van der Waals surface area contributed by atoms with Crippen molar-refractivity contribution in [1.29, 1.82) is 0 Å². The summed E-state index contributed by atoms with van der Waals surface area (Å²) < 4.78 is 26.4. The third kappa shape index (κ3) is 4.60. The Morgan fingerprint density at radius 1 is 1.06 bits per heavy atom. The smallest absolute Gasteiger partial charge is 0.270 e. The lowest BCUT2D eigenvalue weighted by atomic mass is 10.0. The summed E-state index contributed by atoms with van der Waals surface area (Å²) in [5.41, 5.74) is -0.680. The molecule has 0 heterocycles. The Hall–Kier alpha value is -2.92. The molecule has 0 saturated heterocycles. The molecule has 0 spiro atoms. The number of anilines is 3. The zero-order chi connectivity index (χ0) is 24.3. The van der Waals surface area contributed by atoms with Crippen molar-refractivity contribution < 1.29 is 18.4 Å². The topological polar surface area (TPSA) is 125 Å². The SMILES string of the molecule is CC[C@@H](Nc1c(Nc2ccc(Cl)c(S(=O)(=O)N(CC)OC)c2O)c(=O)c1=O)c1ccccc1. The van der Waals surface area contributed by atoms with E-state index < -0.39 is 31.5 Å². The number of phenols is 1. The van der Waals surface area contributed by atoms with E-state index in [1.54, 1.807) is 6.92 Å². The molecule has 0 bridgehead atoms. The van der Waals surface area contributed by atoms with Crippen molar-refractivity contribution >= 4 is 38.7 Å². The van der Waals surface area contributed by atoms with Crippen molar-refractivity contribution in [2.75, 3.05) is 24.3 Å². The van der Waals surface area contributed by atoms with Crippen LogP contribution in [-0.2, 0) is 14.9 Å². The maximum absolute atomic E-state index is 12.9. The summed E-state index contributed by atoms with van der Waals surface area (Å²) >= 11 is 6.07. The third-order valence-corrected chi connectivity index (χ3v) is 7.47. The predicted molar refractivity (Wildman–Crippen MR) is 127 cm³/mol. The summed E-state index contributed by atoms with van der Waals surface area (Å²) in [7, 11) is -3.13. The van der Waals surface area contributed by atoms with E-state index in [4.69, 9.17) is 16.4 Å². The lowest BCUT2D eigenvalue weighted by Gasteiger charge is -2.23. The number of hydrogen-bond donors (Lipinski definition) is 3. The normalized spacial score (nSPS) is 12.8. The lowest BCUT2D eigenvalue weighted by molar-refractivity contribution is -0.0443. The molecular weight excluding hydrogens is 470 g/mol. The van der Waals surface area contributed by atoms with Gasteiger partial charge in [-0.1, -0.05) is 53.3 Å². The van der Waals surface area contributed by atoms with E-state index in [1.165, 1.54) is 19.2 Å². The molecule has 0 saturated carbocycles. The number of benzene rings is 2. The number of hydrogen-bond acceptors (Lipinski definition) is 8. The van der Waals surface area contributed by atoms with Gasteiger partial charge in [0.25, 0.3) is 20.9 Å². The fourth-order valence-corrected chi connectivity index (χ4v) is 5.31. The molecule has 0 fully saturated rings. The van der Waals surface area contributed by atoms with Crippen LogP contribution in [0.2, 0.25) is 5.02 Å². The van der Waals surface area contributed by atoms with Crippen molar-refractivity contribution in [2.24, 2.45) is 0 Å². The molecule has 3 N–H and O–H groups in total. The minimum absolute atomic E-state index is 0.0314. The molecule has 0 aromatic heterocycles. The number of hydroxylamine groups is 1. The van der Waals surface area contributed by atoms with Gasteiger partial charge in [0.1, 0.15) is 16.3 Å². The minimum Gasteiger partial charge on any atom is -0.504 e. The fraction of sp³-hybridized carbons (Fsp3) is 0.273. The first-order valence-electron chi connectivity index (χ1n) is 10.2. The van der Waals surface area contributed by atoms with Gasteiger partial charge in [-0.3, -0.25) is 14.4 Å². The third-order valence-electron chi connectivity index (χ3n) is 5.17. The molecule has 33 heavy (non-hydrogen) atoms. The highest BCUT2D eigenvalue weighted by Gasteiger charge is 2.32. The van der Waals surface area contributed by atoms with Crippen LogP contribution in [0, 0.1) is 0 Å². The van der Waals surface area contributed by atoms with Crippen LogP contribution >= 0.6 is 11.6 Å². The van der Waals surface area contributed by atoms with Gasteiger partial charge in [0.2, 0.25) is 0 Å². The van der Waals surface area contributed by atoms with Gasteiger partial charge in [0, 0.05) is 6.54 Å². The van der Waals surface area contributed by atoms with Crippen molar-refractivity contribution in [1.82, 2.24) is 4.47 Å². The molecule has 176 valence electrons. The van der Waals surface area contributed by atoms with Gasteiger partial charge in [0.05, 0.1) is 23.9 Å². The van der Waals surface area contributed by atoms with Crippen molar-refractivity contribution in [2.45, 2.75) is 31.2 Å². The second-order valence-corrected chi connectivity index (χ2v) is 9.30. The summed E-state index contributed by atoms with van der Waals surface area (Å²) in [5, 5.41) is 16.2. The molecule has 0 radical (unpaired) electrons. The van der Waals surface area contributed by atoms with Crippen LogP contribution in [-0.4, -0.2) is 31.6 Å². The van der Waals surface area contributed by atoms with Gasteiger partial charge >= 0.3 is 0 Å². The van der Waals surface area contributed by atoms with Crippen molar-refractivity contribution in [3.8, 4) is 5.75 Å². The van der Waals surface area contributed by atoms with Crippen LogP contribution < -0.4 is 21.5 Å². The Labute approximate surface area is 196 Å². The standard InChI is InChI=1S/C22H24ClN3O6S/c1-4-15(13-9-7-6-8-10-13)24-17-18(21(29)20(17)28)25-16-12-11-14(23)22(19(16)27)33(30,31)26(5-2)32-3/h6-12,15,24-25,27H,4-5H2,1-3H3/t15-/m1/s1. The number of aromatic hydroxyl groups is 1. The Balaban J connectivity index is 1.99. The second kappa shape index (κ2) is 9.92. The Bertz CT molecular complexity index is 1320. The largest absolute Gasteiger partial charge is 0.504 e. The number of phenolic OH excluding ortho intramolecular Hbond substituents is 1. The van der Waals surface area contributed by atoms with Gasteiger partial charge < -0.3 is 15.7 Å². The van der Waals surface area contributed by atoms with Crippen molar-refractivity contribution in [3.05, 3.63) is 73.5 Å². The molecular formula is C22H24ClN3O6S. The maximum Gasteiger partial charge on any atom is 0.270 e. The van der Waals surface area contributed by atoms with Crippen LogP contribution in [0.1, 0.15) is 31.9 Å². The highest BCUT2D eigenvalue weighted by Crippen LogP contribution is 2.40. The Morgan fingerprint density at radius 3 is 2.27 bits per heavy atom. The molecule has 1 atom stereocenters. The van der Waals surface area contributed by atoms with E-state index >= 15 is 0 Å². The van der Waals surface area contributed by atoms with Crippen LogP contribution in [0.15, 0.2) is 56.9 Å². The number of halogens is 1. The quantitative estimate of drug-likeness (QED) is 0.222.